The molecule has 0 spiro atoms. The van der Waals surface area contributed by atoms with Gasteiger partial charge in [0.1, 0.15) is 0 Å². The van der Waals surface area contributed by atoms with Crippen molar-refractivity contribution in [3.8, 4) is 5.75 Å². The van der Waals surface area contributed by atoms with Crippen molar-refractivity contribution < 1.29 is 9.53 Å². The fraction of sp³-hybridized carbons (Fsp3) is 0.222. The van der Waals surface area contributed by atoms with Crippen LogP contribution in [0.5, 0.6) is 5.75 Å². The SMILES string of the molecule is COc1c(N)cccc1NC(C)=O. The number of hydrogen-bond donors (Lipinski definition) is 2. The van der Waals surface area contributed by atoms with E-state index in [1.54, 1.807) is 18.2 Å². The monoisotopic (exact) mass is 180 g/mol. The third-order valence-corrected chi connectivity index (χ3v) is 1.56. The highest BCUT2D eigenvalue weighted by molar-refractivity contribution is 5.91. The van der Waals surface area contributed by atoms with Gasteiger partial charge in [0.2, 0.25) is 5.91 Å². The molecule has 0 aliphatic heterocycles. The van der Waals surface area contributed by atoms with Gasteiger partial charge in [-0.15, -0.1) is 0 Å². The number of para-hydroxylation sites is 1. The second-order valence-corrected chi connectivity index (χ2v) is 2.61. The molecule has 0 aliphatic carbocycles. The van der Waals surface area contributed by atoms with Crippen LogP contribution in [0.4, 0.5) is 11.4 Å². The van der Waals surface area contributed by atoms with E-state index < -0.39 is 0 Å². The van der Waals surface area contributed by atoms with E-state index in [1.807, 2.05) is 0 Å². The van der Waals surface area contributed by atoms with Crippen molar-refractivity contribution in [2.24, 2.45) is 0 Å². The lowest BCUT2D eigenvalue weighted by Gasteiger charge is -2.10. The summed E-state index contributed by atoms with van der Waals surface area (Å²) < 4.78 is 5.04. The number of nitrogen functional groups attached to an aromatic ring is 1. The second kappa shape index (κ2) is 3.80. The minimum Gasteiger partial charge on any atom is -0.492 e. The van der Waals surface area contributed by atoms with Crippen molar-refractivity contribution in [2.75, 3.05) is 18.2 Å². The van der Waals surface area contributed by atoms with Gasteiger partial charge in [-0.05, 0) is 12.1 Å². The number of nitrogens with one attached hydrogen (secondary N) is 1. The highest BCUT2D eigenvalue weighted by atomic mass is 16.5. The van der Waals surface area contributed by atoms with Gasteiger partial charge in [-0.1, -0.05) is 6.07 Å². The minimum atomic E-state index is -0.149. The van der Waals surface area contributed by atoms with E-state index >= 15 is 0 Å². The number of rotatable bonds is 2. The summed E-state index contributed by atoms with van der Waals surface area (Å²) in [5.41, 5.74) is 6.73. The van der Waals surface area contributed by atoms with Crippen molar-refractivity contribution in [2.45, 2.75) is 6.92 Å². The maximum absolute atomic E-state index is 10.8. The van der Waals surface area contributed by atoms with Crippen LogP contribution in [0.1, 0.15) is 6.92 Å². The quantitative estimate of drug-likeness (QED) is 0.673. The first-order valence-electron chi connectivity index (χ1n) is 3.85. The lowest BCUT2D eigenvalue weighted by atomic mass is 10.2. The fourth-order valence-corrected chi connectivity index (χ4v) is 1.07. The summed E-state index contributed by atoms with van der Waals surface area (Å²) in [6, 6.07) is 5.20. The fourth-order valence-electron chi connectivity index (χ4n) is 1.07. The first-order valence-corrected chi connectivity index (χ1v) is 3.85. The standard InChI is InChI=1S/C9H12N2O2/c1-6(12)11-8-5-3-4-7(10)9(8)13-2/h3-5H,10H2,1-2H3,(H,11,12). The molecule has 4 nitrogen and oxygen atoms in total. The summed E-state index contributed by atoms with van der Waals surface area (Å²) in [5, 5.41) is 2.62. The van der Waals surface area contributed by atoms with Gasteiger partial charge in [0.15, 0.2) is 5.75 Å². The molecular formula is C9H12N2O2. The average Bonchev–Trinajstić information content (AvgIpc) is 2.03. The molecule has 0 atom stereocenters. The number of hydrogen-bond acceptors (Lipinski definition) is 3. The third-order valence-electron chi connectivity index (χ3n) is 1.56. The van der Waals surface area contributed by atoms with Crippen LogP contribution in [-0.2, 0) is 4.79 Å². The summed E-state index contributed by atoms with van der Waals surface area (Å²) >= 11 is 0. The summed E-state index contributed by atoms with van der Waals surface area (Å²) in [6.45, 7) is 1.43. The molecule has 1 aromatic rings. The van der Waals surface area contributed by atoms with E-state index in [2.05, 4.69) is 5.32 Å². The Kier molecular flexibility index (Phi) is 2.74. The van der Waals surface area contributed by atoms with Crippen LogP contribution < -0.4 is 15.8 Å². The Balaban J connectivity index is 3.05. The molecule has 0 aromatic heterocycles. The van der Waals surface area contributed by atoms with Gasteiger partial charge in [0.25, 0.3) is 0 Å². The third kappa shape index (κ3) is 2.11. The lowest BCUT2D eigenvalue weighted by Crippen LogP contribution is -2.07. The highest BCUT2D eigenvalue weighted by Gasteiger charge is 2.06. The molecule has 1 amide bonds. The van der Waals surface area contributed by atoms with E-state index in [9.17, 15) is 4.79 Å². The predicted molar refractivity (Wildman–Crippen MR) is 51.7 cm³/mol. The van der Waals surface area contributed by atoms with Crippen molar-refractivity contribution in [3.63, 3.8) is 0 Å². The molecule has 0 fully saturated rings. The van der Waals surface area contributed by atoms with Crippen molar-refractivity contribution in [3.05, 3.63) is 18.2 Å². The van der Waals surface area contributed by atoms with Crippen LogP contribution in [0, 0.1) is 0 Å². The number of methoxy groups -OCH3 is 1. The van der Waals surface area contributed by atoms with Gasteiger partial charge in [-0.25, -0.2) is 0 Å². The second-order valence-electron chi connectivity index (χ2n) is 2.61. The number of carbonyl (C=O) groups is 1. The van der Waals surface area contributed by atoms with Crippen molar-refractivity contribution in [1.82, 2.24) is 0 Å². The van der Waals surface area contributed by atoms with E-state index in [1.165, 1.54) is 14.0 Å². The molecule has 0 radical (unpaired) electrons. The maximum Gasteiger partial charge on any atom is 0.221 e. The Morgan fingerprint density at radius 3 is 2.77 bits per heavy atom. The first kappa shape index (κ1) is 9.38. The van der Waals surface area contributed by atoms with E-state index in [4.69, 9.17) is 10.5 Å². The Bertz CT molecular complexity index is 323. The van der Waals surface area contributed by atoms with Crippen molar-refractivity contribution >= 4 is 17.3 Å². The molecule has 0 saturated carbocycles. The predicted octanol–water partition coefficient (Wildman–Crippen LogP) is 1.24. The van der Waals surface area contributed by atoms with Gasteiger partial charge in [-0.2, -0.15) is 0 Å². The van der Waals surface area contributed by atoms with Gasteiger partial charge in [-0.3, -0.25) is 4.79 Å². The number of amides is 1. The van der Waals surface area contributed by atoms with Gasteiger partial charge in [0.05, 0.1) is 18.5 Å². The molecule has 0 bridgehead atoms. The summed E-state index contributed by atoms with van der Waals surface area (Å²) in [4.78, 5) is 10.8. The Labute approximate surface area is 76.7 Å². The largest absolute Gasteiger partial charge is 0.492 e. The zero-order valence-corrected chi connectivity index (χ0v) is 7.63. The molecule has 0 aliphatic rings. The molecule has 70 valence electrons. The Morgan fingerprint density at radius 1 is 1.54 bits per heavy atom. The number of nitrogens with two attached hydrogens (primary N) is 1. The normalized spacial score (nSPS) is 9.38. The summed E-state index contributed by atoms with van der Waals surface area (Å²) in [7, 11) is 1.51. The number of ether oxygens (including phenoxy) is 1. The van der Waals surface area contributed by atoms with Crippen LogP contribution in [0.15, 0.2) is 18.2 Å². The number of carbonyl (C=O) groups excluding carboxylic acids is 1. The summed E-state index contributed by atoms with van der Waals surface area (Å²) in [5.74, 6) is 0.349. The van der Waals surface area contributed by atoms with E-state index in [-0.39, 0.29) is 5.91 Å². The zero-order chi connectivity index (χ0) is 9.84. The molecule has 1 aromatic carbocycles. The topological polar surface area (TPSA) is 64.3 Å². The van der Waals surface area contributed by atoms with E-state index in [0.717, 1.165) is 0 Å². The molecule has 1 rings (SSSR count). The van der Waals surface area contributed by atoms with Gasteiger partial charge < -0.3 is 15.8 Å². The number of benzene rings is 1. The molecule has 13 heavy (non-hydrogen) atoms. The molecule has 0 heterocycles. The molecule has 0 saturated heterocycles. The van der Waals surface area contributed by atoms with Crippen LogP contribution in [-0.4, -0.2) is 13.0 Å². The number of anilines is 2. The molecule has 4 heteroatoms. The Morgan fingerprint density at radius 2 is 2.23 bits per heavy atom. The zero-order valence-electron chi connectivity index (χ0n) is 7.63. The van der Waals surface area contributed by atoms with E-state index in [0.29, 0.717) is 17.1 Å². The maximum atomic E-state index is 10.8. The highest BCUT2D eigenvalue weighted by Crippen LogP contribution is 2.30. The molecule has 0 unspecified atom stereocenters. The first-order chi connectivity index (χ1) is 6.15. The minimum absolute atomic E-state index is 0.149. The molecule has 3 N–H and O–H groups in total. The summed E-state index contributed by atoms with van der Waals surface area (Å²) in [6.07, 6.45) is 0. The smallest absolute Gasteiger partial charge is 0.221 e. The van der Waals surface area contributed by atoms with Crippen LogP contribution in [0.25, 0.3) is 0 Å². The Hall–Kier alpha value is -1.71. The lowest BCUT2D eigenvalue weighted by molar-refractivity contribution is -0.114. The van der Waals surface area contributed by atoms with Gasteiger partial charge >= 0.3 is 0 Å². The van der Waals surface area contributed by atoms with Crippen LogP contribution in [0.2, 0.25) is 0 Å². The average molecular weight is 180 g/mol. The van der Waals surface area contributed by atoms with Gasteiger partial charge in [0, 0.05) is 6.92 Å². The van der Waals surface area contributed by atoms with Crippen LogP contribution in [0.3, 0.4) is 0 Å². The molecular weight excluding hydrogens is 168 g/mol. The van der Waals surface area contributed by atoms with Crippen LogP contribution >= 0.6 is 0 Å². The van der Waals surface area contributed by atoms with Crippen molar-refractivity contribution in [1.29, 1.82) is 0 Å².